The Morgan fingerprint density at radius 3 is 2.50 bits per heavy atom. The van der Waals surface area contributed by atoms with Gasteiger partial charge in [-0.25, -0.2) is 8.42 Å². The Balaban J connectivity index is 1.77. The standard InChI is InChI=1S/C23H30N2O6S/c1-15-7-9-19-17(11-15)18(13-23(2,3)31-19)24-22(26)14-25(4)32(27,28)16-8-10-20(29-5)21(12-16)30-6/h7-12,18H,13-14H2,1-6H3,(H,24,26)/t18-/m1/s1. The molecule has 1 aliphatic heterocycles. The Kier molecular flexibility index (Phi) is 6.71. The van der Waals surface area contributed by atoms with Gasteiger partial charge in [-0.05, 0) is 39.0 Å². The molecular formula is C23H30N2O6S. The molecule has 0 saturated heterocycles. The van der Waals surface area contributed by atoms with Gasteiger partial charge in [-0.3, -0.25) is 4.79 Å². The molecule has 0 saturated carbocycles. The summed E-state index contributed by atoms with van der Waals surface area (Å²) in [4.78, 5) is 12.8. The van der Waals surface area contributed by atoms with Crippen LogP contribution in [0.15, 0.2) is 41.3 Å². The van der Waals surface area contributed by atoms with Crippen molar-refractivity contribution < 1.29 is 27.4 Å². The summed E-state index contributed by atoms with van der Waals surface area (Å²) in [6, 6.07) is 9.88. The molecular weight excluding hydrogens is 432 g/mol. The fourth-order valence-corrected chi connectivity index (χ4v) is 4.93. The Labute approximate surface area is 189 Å². The number of aryl methyl sites for hydroxylation is 1. The largest absolute Gasteiger partial charge is 0.493 e. The van der Waals surface area contributed by atoms with Crippen molar-refractivity contribution >= 4 is 15.9 Å². The summed E-state index contributed by atoms with van der Waals surface area (Å²) in [6.07, 6.45) is 0.571. The minimum atomic E-state index is -3.91. The second-order valence-electron chi connectivity index (χ2n) is 8.51. The lowest BCUT2D eigenvalue weighted by molar-refractivity contribution is -0.122. The number of hydrogen-bond donors (Lipinski definition) is 1. The zero-order valence-electron chi connectivity index (χ0n) is 19.3. The molecule has 1 amide bonds. The lowest BCUT2D eigenvalue weighted by Crippen LogP contribution is -2.44. The molecule has 174 valence electrons. The molecule has 0 aliphatic carbocycles. The van der Waals surface area contributed by atoms with E-state index in [-0.39, 0.29) is 17.5 Å². The highest BCUT2D eigenvalue weighted by atomic mass is 32.2. The number of nitrogens with one attached hydrogen (secondary N) is 1. The molecule has 8 nitrogen and oxygen atoms in total. The number of nitrogens with zero attached hydrogens (tertiary/aromatic N) is 1. The van der Waals surface area contributed by atoms with E-state index in [0.717, 1.165) is 21.2 Å². The van der Waals surface area contributed by atoms with Crippen molar-refractivity contribution in [2.75, 3.05) is 27.8 Å². The first kappa shape index (κ1) is 23.9. The van der Waals surface area contributed by atoms with Crippen molar-refractivity contribution in [2.24, 2.45) is 0 Å². The predicted octanol–water partition coefficient (Wildman–Crippen LogP) is 3.05. The first-order valence-corrected chi connectivity index (χ1v) is 11.7. The van der Waals surface area contributed by atoms with Gasteiger partial charge in [-0.2, -0.15) is 4.31 Å². The number of benzene rings is 2. The van der Waals surface area contributed by atoms with Crippen LogP contribution in [0, 0.1) is 6.92 Å². The van der Waals surface area contributed by atoms with Crippen molar-refractivity contribution in [3.63, 3.8) is 0 Å². The van der Waals surface area contributed by atoms with Crippen molar-refractivity contribution in [3.8, 4) is 17.2 Å². The average Bonchev–Trinajstić information content (AvgIpc) is 2.72. The quantitative estimate of drug-likeness (QED) is 0.680. The van der Waals surface area contributed by atoms with Crippen LogP contribution in [0.5, 0.6) is 17.2 Å². The lowest BCUT2D eigenvalue weighted by atomic mass is 9.89. The molecule has 1 aliphatic rings. The number of carbonyl (C=O) groups is 1. The van der Waals surface area contributed by atoms with E-state index in [2.05, 4.69) is 5.32 Å². The average molecular weight is 463 g/mol. The van der Waals surface area contributed by atoms with Crippen LogP contribution in [0.4, 0.5) is 0 Å². The molecule has 9 heteroatoms. The first-order chi connectivity index (χ1) is 15.0. The van der Waals surface area contributed by atoms with E-state index in [9.17, 15) is 13.2 Å². The number of carbonyl (C=O) groups excluding carboxylic acids is 1. The number of fused-ring (bicyclic) bond motifs is 1. The van der Waals surface area contributed by atoms with Crippen molar-refractivity contribution in [3.05, 3.63) is 47.5 Å². The zero-order valence-corrected chi connectivity index (χ0v) is 20.1. The van der Waals surface area contributed by atoms with Crippen LogP contribution in [-0.4, -0.2) is 52.0 Å². The lowest BCUT2D eigenvalue weighted by Gasteiger charge is -2.38. The molecule has 1 heterocycles. The number of amides is 1. The van der Waals surface area contributed by atoms with Crippen LogP contribution >= 0.6 is 0 Å². The molecule has 32 heavy (non-hydrogen) atoms. The monoisotopic (exact) mass is 462 g/mol. The highest BCUT2D eigenvalue weighted by Crippen LogP contribution is 2.40. The van der Waals surface area contributed by atoms with E-state index < -0.39 is 21.5 Å². The van der Waals surface area contributed by atoms with Crippen LogP contribution in [0.25, 0.3) is 0 Å². The highest BCUT2D eigenvalue weighted by Gasteiger charge is 2.35. The molecule has 1 atom stereocenters. The second-order valence-corrected chi connectivity index (χ2v) is 10.6. The molecule has 0 bridgehead atoms. The number of likely N-dealkylation sites (N-methyl/N-ethyl adjacent to an activating group) is 1. The minimum absolute atomic E-state index is 0.0126. The van der Waals surface area contributed by atoms with E-state index in [1.54, 1.807) is 0 Å². The zero-order chi connectivity index (χ0) is 23.7. The number of rotatable bonds is 7. The fraction of sp³-hybridized carbons (Fsp3) is 0.435. The Bertz CT molecular complexity index is 1110. The molecule has 2 aromatic rings. The van der Waals surface area contributed by atoms with E-state index >= 15 is 0 Å². The third-order valence-electron chi connectivity index (χ3n) is 5.39. The first-order valence-electron chi connectivity index (χ1n) is 10.2. The van der Waals surface area contributed by atoms with Gasteiger partial charge in [0.1, 0.15) is 11.4 Å². The Hall–Kier alpha value is -2.78. The van der Waals surface area contributed by atoms with Gasteiger partial charge in [-0.1, -0.05) is 17.7 Å². The highest BCUT2D eigenvalue weighted by molar-refractivity contribution is 7.89. The van der Waals surface area contributed by atoms with Crippen LogP contribution in [-0.2, 0) is 14.8 Å². The van der Waals surface area contributed by atoms with Gasteiger partial charge in [0.05, 0.1) is 31.7 Å². The van der Waals surface area contributed by atoms with E-state index in [4.69, 9.17) is 14.2 Å². The maximum atomic E-state index is 13.0. The van der Waals surface area contributed by atoms with Crippen LogP contribution < -0.4 is 19.5 Å². The van der Waals surface area contributed by atoms with Gasteiger partial charge in [0, 0.05) is 25.1 Å². The molecule has 0 radical (unpaired) electrons. The summed E-state index contributed by atoms with van der Waals surface area (Å²) < 4.78 is 43.4. The van der Waals surface area contributed by atoms with Gasteiger partial charge in [-0.15, -0.1) is 0 Å². The van der Waals surface area contributed by atoms with Crippen LogP contribution in [0.2, 0.25) is 0 Å². The summed E-state index contributed by atoms with van der Waals surface area (Å²) in [6.45, 7) is 5.57. The maximum absolute atomic E-state index is 13.0. The number of sulfonamides is 1. The summed E-state index contributed by atoms with van der Waals surface area (Å²) in [5.74, 6) is 1.04. The molecule has 0 spiro atoms. The van der Waals surface area contributed by atoms with Crippen LogP contribution in [0.1, 0.15) is 37.4 Å². The van der Waals surface area contributed by atoms with Gasteiger partial charge >= 0.3 is 0 Å². The number of hydrogen-bond acceptors (Lipinski definition) is 6. The third kappa shape index (κ3) is 4.99. The minimum Gasteiger partial charge on any atom is -0.493 e. The fourth-order valence-electron chi connectivity index (χ4n) is 3.79. The number of ether oxygens (including phenoxy) is 3. The second kappa shape index (κ2) is 8.99. The summed E-state index contributed by atoms with van der Waals surface area (Å²) in [7, 11) is 0.365. The normalized spacial score (nSPS) is 17.3. The molecule has 1 N–H and O–H groups in total. The third-order valence-corrected chi connectivity index (χ3v) is 7.19. The Morgan fingerprint density at radius 2 is 1.84 bits per heavy atom. The maximum Gasteiger partial charge on any atom is 0.243 e. The molecule has 0 aromatic heterocycles. The summed E-state index contributed by atoms with van der Waals surface area (Å²) in [5, 5.41) is 2.98. The van der Waals surface area contributed by atoms with E-state index in [1.807, 2.05) is 39.0 Å². The van der Waals surface area contributed by atoms with E-state index in [0.29, 0.717) is 17.9 Å². The summed E-state index contributed by atoms with van der Waals surface area (Å²) >= 11 is 0. The molecule has 0 fully saturated rings. The summed E-state index contributed by atoms with van der Waals surface area (Å²) in [5.41, 5.74) is 1.49. The van der Waals surface area contributed by atoms with Crippen molar-refractivity contribution in [2.45, 2.75) is 43.7 Å². The van der Waals surface area contributed by atoms with Crippen LogP contribution in [0.3, 0.4) is 0 Å². The molecule has 2 aromatic carbocycles. The van der Waals surface area contributed by atoms with E-state index in [1.165, 1.54) is 39.5 Å². The van der Waals surface area contributed by atoms with Gasteiger partial charge < -0.3 is 19.5 Å². The SMILES string of the molecule is COc1ccc(S(=O)(=O)N(C)CC(=O)N[C@@H]2CC(C)(C)Oc3ccc(C)cc32)cc1OC. The van der Waals surface area contributed by atoms with Crippen molar-refractivity contribution in [1.82, 2.24) is 9.62 Å². The smallest absolute Gasteiger partial charge is 0.243 e. The van der Waals surface area contributed by atoms with Crippen molar-refractivity contribution in [1.29, 1.82) is 0 Å². The topological polar surface area (TPSA) is 94.2 Å². The van der Waals surface area contributed by atoms with Gasteiger partial charge in [0.15, 0.2) is 11.5 Å². The number of methoxy groups -OCH3 is 2. The van der Waals surface area contributed by atoms with Gasteiger partial charge in [0.25, 0.3) is 0 Å². The molecule has 0 unspecified atom stereocenters. The Morgan fingerprint density at radius 1 is 1.16 bits per heavy atom. The van der Waals surface area contributed by atoms with Gasteiger partial charge in [0.2, 0.25) is 15.9 Å². The molecule has 3 rings (SSSR count). The predicted molar refractivity (Wildman–Crippen MR) is 121 cm³/mol.